The van der Waals surface area contributed by atoms with E-state index < -0.39 is 29.8 Å². The second kappa shape index (κ2) is 5.69. The summed E-state index contributed by atoms with van der Waals surface area (Å²) in [6.45, 7) is 6.54. The van der Waals surface area contributed by atoms with Crippen molar-refractivity contribution in [1.82, 2.24) is 5.32 Å². The zero-order valence-electron chi connectivity index (χ0n) is 9.94. The minimum Gasteiger partial charge on any atom is -0.548 e. The van der Waals surface area contributed by atoms with Gasteiger partial charge in [-0.3, -0.25) is 0 Å². The van der Waals surface area contributed by atoms with E-state index >= 15 is 0 Å². The van der Waals surface area contributed by atoms with Crippen LogP contribution in [0.2, 0.25) is 0 Å². The molecule has 0 fully saturated rings. The Hall–Kier alpha value is -1.30. The highest BCUT2D eigenvalue weighted by atomic mass is 16.6. The maximum Gasteiger partial charge on any atom is 0.408 e. The first-order valence-corrected chi connectivity index (χ1v) is 5.05. The average molecular weight is 232 g/mol. The van der Waals surface area contributed by atoms with E-state index in [9.17, 15) is 19.8 Å². The van der Waals surface area contributed by atoms with Crippen LogP contribution in [0.3, 0.4) is 0 Å². The first kappa shape index (κ1) is 14.7. The summed E-state index contributed by atoms with van der Waals surface area (Å²) in [5, 5.41) is 22.1. The number of carboxylic acids is 1. The Morgan fingerprint density at radius 2 is 1.94 bits per heavy atom. The molecule has 0 saturated heterocycles. The van der Waals surface area contributed by atoms with E-state index in [1.54, 1.807) is 27.7 Å². The molecule has 0 saturated carbocycles. The first-order valence-electron chi connectivity index (χ1n) is 5.05. The summed E-state index contributed by atoms with van der Waals surface area (Å²) in [5.74, 6) is -1.54. The predicted octanol–water partition coefficient (Wildman–Crippen LogP) is -0.599. The lowest BCUT2D eigenvalue weighted by atomic mass is 10.1. The van der Waals surface area contributed by atoms with E-state index in [0.717, 1.165) is 0 Å². The van der Waals surface area contributed by atoms with Crippen molar-refractivity contribution in [1.29, 1.82) is 0 Å². The van der Waals surface area contributed by atoms with Gasteiger partial charge in [-0.2, -0.15) is 0 Å². The topological polar surface area (TPSA) is 98.7 Å². The van der Waals surface area contributed by atoms with Gasteiger partial charge in [0.1, 0.15) is 5.60 Å². The number of nitrogens with one attached hydrogen (secondary N) is 1. The number of carboxylic acid groups (broad SMARTS) is 1. The zero-order chi connectivity index (χ0) is 12.9. The Kier molecular flexibility index (Phi) is 5.23. The van der Waals surface area contributed by atoms with E-state index in [4.69, 9.17) is 4.74 Å². The number of rotatable bonds is 4. The van der Waals surface area contributed by atoms with Crippen molar-refractivity contribution in [3.63, 3.8) is 0 Å². The van der Waals surface area contributed by atoms with Gasteiger partial charge in [0.15, 0.2) is 0 Å². The molecule has 1 amide bonds. The van der Waals surface area contributed by atoms with Gasteiger partial charge in [0.25, 0.3) is 0 Å². The smallest absolute Gasteiger partial charge is 0.408 e. The summed E-state index contributed by atoms with van der Waals surface area (Å²) in [6, 6.07) is -1.46. The molecular weight excluding hydrogens is 214 g/mol. The standard InChI is InChI=1S/C10H19NO5/c1-5-6(12)7(8(13)14)11-9(15)16-10(2,3)4/h6-7,12H,5H2,1-4H3,(H,11,15)(H,13,14)/p-1/t6-,7+/m0/s1. The summed E-state index contributed by atoms with van der Waals surface area (Å²) < 4.78 is 4.86. The molecule has 0 spiro atoms. The van der Waals surface area contributed by atoms with E-state index in [1.807, 2.05) is 0 Å². The Morgan fingerprint density at radius 3 is 2.25 bits per heavy atom. The Balaban J connectivity index is 4.42. The van der Waals surface area contributed by atoms with E-state index in [1.165, 1.54) is 0 Å². The number of carbonyl (C=O) groups excluding carboxylic acids is 2. The number of hydrogen-bond donors (Lipinski definition) is 2. The fourth-order valence-electron chi connectivity index (χ4n) is 0.982. The van der Waals surface area contributed by atoms with Crippen molar-refractivity contribution in [2.45, 2.75) is 51.9 Å². The van der Waals surface area contributed by atoms with Crippen LogP contribution < -0.4 is 10.4 Å². The van der Waals surface area contributed by atoms with Gasteiger partial charge in [-0.1, -0.05) is 6.92 Å². The number of carbonyl (C=O) groups is 2. The molecule has 0 aromatic heterocycles. The Bertz CT molecular complexity index is 258. The third-order valence-electron chi connectivity index (χ3n) is 1.73. The molecule has 0 bridgehead atoms. The second-order valence-corrected chi connectivity index (χ2v) is 4.42. The number of alkyl carbamates (subject to hydrolysis) is 1. The van der Waals surface area contributed by atoms with Crippen molar-refractivity contribution in [2.24, 2.45) is 0 Å². The van der Waals surface area contributed by atoms with Gasteiger partial charge in [-0.15, -0.1) is 0 Å². The van der Waals surface area contributed by atoms with Gasteiger partial charge in [-0.05, 0) is 27.2 Å². The van der Waals surface area contributed by atoms with Crippen LogP contribution in [0.25, 0.3) is 0 Å². The fourth-order valence-corrected chi connectivity index (χ4v) is 0.982. The summed E-state index contributed by atoms with van der Waals surface area (Å²) in [4.78, 5) is 21.9. The highest BCUT2D eigenvalue weighted by molar-refractivity contribution is 5.79. The van der Waals surface area contributed by atoms with E-state index in [0.29, 0.717) is 0 Å². The summed E-state index contributed by atoms with van der Waals surface area (Å²) in [5.41, 5.74) is -0.724. The molecule has 6 nitrogen and oxygen atoms in total. The van der Waals surface area contributed by atoms with Crippen molar-refractivity contribution in [2.75, 3.05) is 0 Å². The van der Waals surface area contributed by atoms with Gasteiger partial charge in [-0.25, -0.2) is 4.79 Å². The van der Waals surface area contributed by atoms with Gasteiger partial charge in [0, 0.05) is 0 Å². The molecule has 16 heavy (non-hydrogen) atoms. The second-order valence-electron chi connectivity index (χ2n) is 4.42. The van der Waals surface area contributed by atoms with Crippen LogP contribution in [-0.2, 0) is 9.53 Å². The monoisotopic (exact) mass is 232 g/mol. The number of amides is 1. The average Bonchev–Trinajstić information content (AvgIpc) is 2.09. The van der Waals surface area contributed by atoms with Crippen LogP contribution >= 0.6 is 0 Å². The molecule has 6 heteroatoms. The molecule has 0 unspecified atom stereocenters. The number of aliphatic hydroxyl groups excluding tert-OH is 1. The minimum absolute atomic E-state index is 0.189. The molecule has 0 aliphatic carbocycles. The molecule has 2 atom stereocenters. The highest BCUT2D eigenvalue weighted by Gasteiger charge is 2.24. The Labute approximate surface area is 94.6 Å². The third kappa shape index (κ3) is 5.55. The van der Waals surface area contributed by atoms with Crippen LogP contribution in [-0.4, -0.2) is 34.9 Å². The molecule has 0 radical (unpaired) electrons. The largest absolute Gasteiger partial charge is 0.548 e. The molecule has 0 aliphatic heterocycles. The number of aliphatic hydroxyl groups is 1. The maximum atomic E-state index is 11.3. The molecule has 0 aliphatic rings. The SMILES string of the molecule is CC[C@H](O)[C@@H](NC(=O)OC(C)(C)C)C(=O)[O-]. The fraction of sp³-hybridized carbons (Fsp3) is 0.800. The number of ether oxygens (including phenoxy) is 1. The first-order chi connectivity index (χ1) is 7.17. The van der Waals surface area contributed by atoms with Crippen molar-refractivity contribution in [3.05, 3.63) is 0 Å². The zero-order valence-corrected chi connectivity index (χ0v) is 9.94. The van der Waals surface area contributed by atoms with Crippen LogP contribution in [0.4, 0.5) is 4.79 Å². The lowest BCUT2D eigenvalue weighted by Gasteiger charge is -2.26. The van der Waals surface area contributed by atoms with Crippen LogP contribution in [0.1, 0.15) is 34.1 Å². The quantitative estimate of drug-likeness (QED) is 0.674. The lowest BCUT2D eigenvalue weighted by molar-refractivity contribution is -0.310. The molecular formula is C10H18NO5-. The molecule has 0 aromatic rings. The number of hydrogen-bond acceptors (Lipinski definition) is 5. The van der Waals surface area contributed by atoms with Crippen LogP contribution in [0.15, 0.2) is 0 Å². The van der Waals surface area contributed by atoms with Gasteiger partial charge in [0.05, 0.1) is 18.1 Å². The van der Waals surface area contributed by atoms with Gasteiger partial charge < -0.3 is 25.1 Å². The van der Waals surface area contributed by atoms with Gasteiger partial charge in [0.2, 0.25) is 0 Å². The van der Waals surface area contributed by atoms with Crippen molar-refractivity contribution >= 4 is 12.1 Å². The molecule has 0 aromatic carbocycles. The number of aliphatic carboxylic acids is 1. The van der Waals surface area contributed by atoms with Crippen LogP contribution in [0, 0.1) is 0 Å². The van der Waals surface area contributed by atoms with Crippen LogP contribution in [0.5, 0.6) is 0 Å². The Morgan fingerprint density at radius 1 is 1.44 bits per heavy atom. The predicted molar refractivity (Wildman–Crippen MR) is 54.5 cm³/mol. The summed E-state index contributed by atoms with van der Waals surface area (Å²) in [7, 11) is 0. The molecule has 0 heterocycles. The third-order valence-corrected chi connectivity index (χ3v) is 1.73. The van der Waals surface area contributed by atoms with E-state index in [2.05, 4.69) is 5.32 Å². The lowest BCUT2D eigenvalue weighted by Crippen LogP contribution is -2.55. The normalized spacial score (nSPS) is 15.1. The summed E-state index contributed by atoms with van der Waals surface area (Å²) in [6.07, 6.45) is -1.90. The molecule has 94 valence electrons. The summed E-state index contributed by atoms with van der Waals surface area (Å²) >= 11 is 0. The maximum absolute atomic E-state index is 11.3. The minimum atomic E-state index is -1.54. The molecule has 2 N–H and O–H groups in total. The van der Waals surface area contributed by atoms with E-state index in [-0.39, 0.29) is 6.42 Å². The molecule has 0 rings (SSSR count). The van der Waals surface area contributed by atoms with Gasteiger partial charge >= 0.3 is 6.09 Å². The van der Waals surface area contributed by atoms with Crippen molar-refractivity contribution in [3.8, 4) is 0 Å². The van der Waals surface area contributed by atoms with Crippen molar-refractivity contribution < 1.29 is 24.5 Å². The highest BCUT2D eigenvalue weighted by Crippen LogP contribution is 2.07.